The summed E-state index contributed by atoms with van der Waals surface area (Å²) in [6.07, 6.45) is 0. The van der Waals surface area contributed by atoms with Crippen LogP contribution in [0.4, 0.5) is 5.13 Å². The summed E-state index contributed by atoms with van der Waals surface area (Å²) in [5.74, 6) is -0.126. The first kappa shape index (κ1) is 16.8. The number of nitrogens with one attached hydrogen (secondary N) is 1. The van der Waals surface area contributed by atoms with Crippen molar-refractivity contribution in [3.05, 3.63) is 57.0 Å². The smallest absolute Gasteiger partial charge is 0.270 e. The summed E-state index contributed by atoms with van der Waals surface area (Å²) < 4.78 is 0. The second kappa shape index (κ2) is 6.57. The number of pyridine rings is 1. The molecule has 7 heteroatoms. The zero-order valence-corrected chi connectivity index (χ0v) is 15.6. The van der Waals surface area contributed by atoms with E-state index in [0.29, 0.717) is 24.2 Å². The molecule has 0 radical (unpaired) electrons. The number of aromatic nitrogens is 2. The molecule has 1 N–H and O–H groups in total. The minimum Gasteiger partial charge on any atom is -0.345 e. The number of piperazine rings is 1. The molecule has 1 aliphatic rings. The maximum atomic E-state index is 12.8. The molecular weight excluding hydrogens is 348 g/mol. The highest BCUT2D eigenvalue weighted by atomic mass is 32.1. The van der Waals surface area contributed by atoms with Crippen LogP contribution in [0.15, 0.2) is 35.1 Å². The van der Waals surface area contributed by atoms with Crippen LogP contribution in [-0.2, 0) is 0 Å². The van der Waals surface area contributed by atoms with Crippen LogP contribution in [0.3, 0.4) is 0 Å². The van der Waals surface area contributed by atoms with Crippen LogP contribution in [-0.4, -0.2) is 47.0 Å². The van der Waals surface area contributed by atoms with Crippen molar-refractivity contribution < 1.29 is 4.79 Å². The first-order valence-corrected chi connectivity index (χ1v) is 9.45. The van der Waals surface area contributed by atoms with Crippen LogP contribution in [0.2, 0.25) is 0 Å². The maximum absolute atomic E-state index is 12.8. The number of fused-ring (bicyclic) bond motifs is 1. The van der Waals surface area contributed by atoms with Gasteiger partial charge in [0.1, 0.15) is 5.69 Å². The summed E-state index contributed by atoms with van der Waals surface area (Å²) in [5, 5.41) is 2.40. The van der Waals surface area contributed by atoms with E-state index in [2.05, 4.69) is 21.8 Å². The van der Waals surface area contributed by atoms with E-state index in [1.807, 2.05) is 25.1 Å². The molecular formula is C19H20N4O2S. The van der Waals surface area contributed by atoms with Gasteiger partial charge in [-0.05, 0) is 31.4 Å². The van der Waals surface area contributed by atoms with E-state index in [4.69, 9.17) is 0 Å². The number of aromatic amines is 1. The van der Waals surface area contributed by atoms with Crippen LogP contribution < -0.4 is 10.5 Å². The molecule has 0 spiro atoms. The molecule has 0 atom stereocenters. The van der Waals surface area contributed by atoms with Crippen molar-refractivity contribution in [2.45, 2.75) is 13.8 Å². The Hall–Kier alpha value is -2.67. The topological polar surface area (TPSA) is 69.3 Å². The van der Waals surface area contributed by atoms with Crippen molar-refractivity contribution in [2.75, 3.05) is 31.1 Å². The highest BCUT2D eigenvalue weighted by molar-refractivity contribution is 7.15. The number of aryl methyl sites for hydroxylation is 2. The number of carbonyl (C=O) groups is 1. The Morgan fingerprint density at radius 3 is 2.58 bits per heavy atom. The van der Waals surface area contributed by atoms with Gasteiger partial charge in [-0.3, -0.25) is 9.59 Å². The van der Waals surface area contributed by atoms with Gasteiger partial charge in [-0.2, -0.15) is 0 Å². The third-order valence-corrected chi connectivity index (χ3v) is 5.97. The molecule has 3 aromatic rings. The zero-order valence-electron chi connectivity index (χ0n) is 14.8. The quantitative estimate of drug-likeness (QED) is 0.755. The fourth-order valence-electron chi connectivity index (χ4n) is 3.19. The molecule has 3 heterocycles. The van der Waals surface area contributed by atoms with Crippen LogP contribution in [0.25, 0.3) is 10.8 Å². The van der Waals surface area contributed by atoms with E-state index in [-0.39, 0.29) is 11.5 Å². The first-order valence-electron chi connectivity index (χ1n) is 8.63. The van der Waals surface area contributed by atoms with E-state index in [1.54, 1.807) is 28.4 Å². The molecule has 1 fully saturated rings. The molecule has 0 unspecified atom stereocenters. The number of H-pyrrole nitrogens is 1. The predicted molar refractivity (Wildman–Crippen MR) is 104 cm³/mol. The Bertz CT molecular complexity index is 1010. The standard InChI is InChI=1S/C19H20N4O2S/c1-12-13(2)26-19(20-12)23-9-7-22(8-10-23)18(25)16-11-14-5-3-4-6-15(14)17(24)21-16/h3-6,11H,7-10H2,1-2H3,(H,21,24). The number of amides is 1. The van der Waals surface area contributed by atoms with Crippen molar-refractivity contribution in [2.24, 2.45) is 0 Å². The monoisotopic (exact) mass is 368 g/mol. The predicted octanol–water partition coefficient (Wildman–Crippen LogP) is 2.56. The lowest BCUT2D eigenvalue weighted by molar-refractivity contribution is 0.0741. The summed E-state index contributed by atoms with van der Waals surface area (Å²) in [4.78, 5) is 37.6. The molecule has 1 amide bonds. The highest BCUT2D eigenvalue weighted by Crippen LogP contribution is 2.26. The summed E-state index contributed by atoms with van der Waals surface area (Å²) in [6.45, 7) is 6.82. The average Bonchev–Trinajstić information content (AvgIpc) is 3.00. The third kappa shape index (κ3) is 2.99. The Morgan fingerprint density at radius 2 is 1.88 bits per heavy atom. The van der Waals surface area contributed by atoms with Crippen molar-refractivity contribution in [1.29, 1.82) is 0 Å². The van der Waals surface area contributed by atoms with Gasteiger partial charge in [-0.25, -0.2) is 4.98 Å². The molecule has 0 bridgehead atoms. The van der Waals surface area contributed by atoms with E-state index >= 15 is 0 Å². The fourth-order valence-corrected chi connectivity index (χ4v) is 4.15. The van der Waals surface area contributed by atoms with Crippen LogP contribution in [0.1, 0.15) is 21.1 Å². The van der Waals surface area contributed by atoms with Crippen molar-refractivity contribution in [3.63, 3.8) is 0 Å². The normalized spacial score (nSPS) is 14.8. The van der Waals surface area contributed by atoms with Gasteiger partial charge in [-0.1, -0.05) is 18.2 Å². The minimum atomic E-state index is -0.223. The van der Waals surface area contributed by atoms with Gasteiger partial charge in [-0.15, -0.1) is 11.3 Å². The van der Waals surface area contributed by atoms with Crippen LogP contribution in [0, 0.1) is 13.8 Å². The van der Waals surface area contributed by atoms with Gasteiger partial charge >= 0.3 is 0 Å². The molecule has 26 heavy (non-hydrogen) atoms. The van der Waals surface area contributed by atoms with E-state index in [9.17, 15) is 9.59 Å². The molecule has 6 nitrogen and oxygen atoms in total. The van der Waals surface area contributed by atoms with Crippen LogP contribution in [0.5, 0.6) is 0 Å². The second-order valence-corrected chi connectivity index (χ2v) is 7.70. The summed E-state index contributed by atoms with van der Waals surface area (Å²) in [5.41, 5.74) is 1.19. The number of carbonyl (C=O) groups excluding carboxylic acids is 1. The van der Waals surface area contributed by atoms with E-state index in [1.165, 1.54) is 4.88 Å². The number of hydrogen-bond donors (Lipinski definition) is 1. The lowest BCUT2D eigenvalue weighted by atomic mass is 10.1. The SMILES string of the molecule is Cc1nc(N2CCN(C(=O)c3cc4ccccc4c(=O)[nH]3)CC2)sc1C. The molecule has 0 saturated carbocycles. The van der Waals surface area contributed by atoms with Gasteiger partial charge < -0.3 is 14.8 Å². The molecule has 1 aliphatic heterocycles. The third-order valence-electron chi connectivity index (χ3n) is 4.84. The Morgan fingerprint density at radius 1 is 1.15 bits per heavy atom. The van der Waals surface area contributed by atoms with Crippen molar-refractivity contribution >= 4 is 33.1 Å². The molecule has 0 aliphatic carbocycles. The van der Waals surface area contributed by atoms with E-state index < -0.39 is 0 Å². The molecule has 134 valence electrons. The molecule has 1 saturated heterocycles. The number of hydrogen-bond acceptors (Lipinski definition) is 5. The molecule has 2 aromatic heterocycles. The van der Waals surface area contributed by atoms with Crippen molar-refractivity contribution in [3.8, 4) is 0 Å². The van der Waals surface area contributed by atoms with Gasteiger partial charge in [0, 0.05) is 36.4 Å². The number of rotatable bonds is 2. The number of benzene rings is 1. The first-order chi connectivity index (χ1) is 12.5. The van der Waals surface area contributed by atoms with Crippen molar-refractivity contribution in [1.82, 2.24) is 14.9 Å². The Balaban J connectivity index is 1.51. The van der Waals surface area contributed by atoms with Gasteiger partial charge in [0.15, 0.2) is 5.13 Å². The van der Waals surface area contributed by atoms with E-state index in [0.717, 1.165) is 29.3 Å². The largest absolute Gasteiger partial charge is 0.345 e. The lowest BCUT2D eigenvalue weighted by Gasteiger charge is -2.34. The summed E-state index contributed by atoms with van der Waals surface area (Å²) >= 11 is 1.69. The lowest BCUT2D eigenvalue weighted by Crippen LogP contribution is -2.49. The number of thiazole rings is 1. The Labute approximate surface area is 155 Å². The second-order valence-electron chi connectivity index (χ2n) is 6.52. The average molecular weight is 368 g/mol. The summed E-state index contributed by atoms with van der Waals surface area (Å²) in [7, 11) is 0. The van der Waals surface area contributed by atoms with Crippen LogP contribution >= 0.6 is 11.3 Å². The minimum absolute atomic E-state index is 0.126. The molecule has 1 aromatic carbocycles. The highest BCUT2D eigenvalue weighted by Gasteiger charge is 2.24. The zero-order chi connectivity index (χ0) is 18.3. The number of anilines is 1. The van der Waals surface area contributed by atoms with Gasteiger partial charge in [0.05, 0.1) is 5.69 Å². The maximum Gasteiger partial charge on any atom is 0.270 e. The molecule has 4 rings (SSSR count). The summed E-state index contributed by atoms with van der Waals surface area (Å²) in [6, 6.07) is 9.07. The van der Waals surface area contributed by atoms with Gasteiger partial charge in [0.2, 0.25) is 0 Å². The van der Waals surface area contributed by atoms with Gasteiger partial charge in [0.25, 0.3) is 11.5 Å². The number of nitrogens with zero attached hydrogens (tertiary/aromatic N) is 3. The fraction of sp³-hybridized carbons (Fsp3) is 0.316. The Kier molecular flexibility index (Phi) is 4.24.